The van der Waals surface area contributed by atoms with Crippen LogP contribution >= 0.6 is 0 Å². The molecule has 0 aromatic heterocycles. The third kappa shape index (κ3) is 7.53. The minimum Gasteiger partial charge on any atom is -0.460 e. The third-order valence-corrected chi connectivity index (χ3v) is 1.29. The van der Waals surface area contributed by atoms with Crippen molar-refractivity contribution in [2.24, 2.45) is 0 Å². The molecule has 0 aromatic rings. The topological polar surface area (TPSA) is 46.5 Å². The lowest BCUT2D eigenvalue weighted by molar-refractivity contribution is -0.153. The molecule has 0 aliphatic rings. The molecule has 0 bridgehead atoms. The Kier molecular flexibility index (Phi) is 4.70. The Bertz CT molecular complexity index is 199. The quantitative estimate of drug-likeness (QED) is 0.538. The largest absolute Gasteiger partial charge is 0.460 e. The maximum atomic E-state index is 11.1. The highest BCUT2D eigenvalue weighted by Gasteiger charge is 2.14. The van der Waals surface area contributed by atoms with Crippen molar-refractivity contribution in [2.75, 3.05) is 6.61 Å². The Balaban J connectivity index is 3.90. The highest BCUT2D eigenvalue weighted by molar-refractivity contribution is 5.71. The molecular formula is C10H18O3. The summed E-state index contributed by atoms with van der Waals surface area (Å²) in [6, 6.07) is 0. The summed E-state index contributed by atoms with van der Waals surface area (Å²) >= 11 is 0. The SMILES string of the molecule is C/C(=C\CC(=O)OC(C)(C)C)CO. The van der Waals surface area contributed by atoms with Crippen molar-refractivity contribution in [3.8, 4) is 0 Å². The molecule has 13 heavy (non-hydrogen) atoms. The lowest BCUT2D eigenvalue weighted by Gasteiger charge is -2.18. The molecule has 0 amide bonds. The predicted octanol–water partition coefficient (Wildman–Crippen LogP) is 1.66. The van der Waals surface area contributed by atoms with Gasteiger partial charge in [-0.1, -0.05) is 11.6 Å². The summed E-state index contributed by atoms with van der Waals surface area (Å²) in [5, 5.41) is 8.66. The lowest BCUT2D eigenvalue weighted by atomic mass is 10.2. The first-order chi connectivity index (χ1) is 5.85. The van der Waals surface area contributed by atoms with Crippen LogP contribution in [-0.4, -0.2) is 23.3 Å². The zero-order valence-corrected chi connectivity index (χ0v) is 8.76. The maximum absolute atomic E-state index is 11.1. The van der Waals surface area contributed by atoms with Crippen LogP contribution in [-0.2, 0) is 9.53 Å². The minimum absolute atomic E-state index is 0.0111. The molecule has 0 saturated heterocycles. The summed E-state index contributed by atoms with van der Waals surface area (Å²) in [6.45, 7) is 7.24. The lowest BCUT2D eigenvalue weighted by Crippen LogP contribution is -2.23. The summed E-state index contributed by atoms with van der Waals surface area (Å²) in [5.74, 6) is -0.264. The van der Waals surface area contributed by atoms with Gasteiger partial charge in [-0.25, -0.2) is 0 Å². The summed E-state index contributed by atoms with van der Waals surface area (Å²) in [5.41, 5.74) is 0.351. The summed E-state index contributed by atoms with van der Waals surface area (Å²) in [7, 11) is 0. The predicted molar refractivity (Wildman–Crippen MR) is 51.3 cm³/mol. The number of hydrogen-bond acceptors (Lipinski definition) is 3. The average Bonchev–Trinajstić information content (AvgIpc) is 1.97. The number of aliphatic hydroxyl groups excluding tert-OH is 1. The van der Waals surface area contributed by atoms with Gasteiger partial charge in [-0.3, -0.25) is 4.79 Å². The molecule has 3 nitrogen and oxygen atoms in total. The first-order valence-electron chi connectivity index (χ1n) is 4.33. The molecule has 0 aliphatic heterocycles. The fraction of sp³-hybridized carbons (Fsp3) is 0.700. The molecule has 0 aliphatic carbocycles. The van der Waals surface area contributed by atoms with Crippen LogP contribution in [0.2, 0.25) is 0 Å². The maximum Gasteiger partial charge on any atom is 0.310 e. The number of carbonyl (C=O) groups is 1. The smallest absolute Gasteiger partial charge is 0.310 e. The molecule has 3 heteroatoms. The van der Waals surface area contributed by atoms with Gasteiger partial charge < -0.3 is 9.84 Å². The van der Waals surface area contributed by atoms with Crippen molar-refractivity contribution >= 4 is 5.97 Å². The van der Waals surface area contributed by atoms with Crippen LogP contribution in [0.1, 0.15) is 34.1 Å². The van der Waals surface area contributed by atoms with Crippen molar-refractivity contribution in [2.45, 2.75) is 39.7 Å². The Labute approximate surface area is 79.4 Å². The van der Waals surface area contributed by atoms with Crippen LogP contribution < -0.4 is 0 Å². The second kappa shape index (κ2) is 5.02. The van der Waals surface area contributed by atoms with Crippen molar-refractivity contribution in [1.82, 2.24) is 0 Å². The summed E-state index contributed by atoms with van der Waals surface area (Å²) < 4.78 is 5.07. The zero-order chi connectivity index (χ0) is 10.5. The molecule has 0 heterocycles. The van der Waals surface area contributed by atoms with Crippen molar-refractivity contribution in [3.63, 3.8) is 0 Å². The van der Waals surface area contributed by atoms with E-state index >= 15 is 0 Å². The van der Waals surface area contributed by atoms with E-state index in [1.807, 2.05) is 20.8 Å². The summed E-state index contributed by atoms with van der Waals surface area (Å²) in [4.78, 5) is 11.1. The van der Waals surface area contributed by atoms with E-state index in [1.54, 1.807) is 13.0 Å². The van der Waals surface area contributed by atoms with Gasteiger partial charge in [0.2, 0.25) is 0 Å². The molecule has 1 N–H and O–H groups in total. The molecular weight excluding hydrogens is 168 g/mol. The van der Waals surface area contributed by atoms with Gasteiger partial charge in [0, 0.05) is 0 Å². The van der Waals surface area contributed by atoms with Gasteiger partial charge in [0.05, 0.1) is 13.0 Å². The molecule has 0 rings (SSSR count). The minimum atomic E-state index is -0.432. The molecule has 0 spiro atoms. The summed E-state index contributed by atoms with van der Waals surface area (Å²) in [6.07, 6.45) is 1.90. The first kappa shape index (κ1) is 12.2. The van der Waals surface area contributed by atoms with Gasteiger partial charge >= 0.3 is 5.97 Å². The fourth-order valence-corrected chi connectivity index (χ4v) is 0.705. The van der Waals surface area contributed by atoms with Crippen LogP contribution in [0.3, 0.4) is 0 Å². The van der Waals surface area contributed by atoms with E-state index < -0.39 is 5.60 Å². The van der Waals surface area contributed by atoms with E-state index in [4.69, 9.17) is 9.84 Å². The van der Waals surface area contributed by atoms with Crippen molar-refractivity contribution in [3.05, 3.63) is 11.6 Å². The number of rotatable bonds is 3. The number of ether oxygens (including phenoxy) is 1. The van der Waals surface area contributed by atoms with E-state index in [0.717, 1.165) is 5.57 Å². The molecule has 0 atom stereocenters. The number of hydrogen-bond donors (Lipinski definition) is 1. The average molecular weight is 186 g/mol. The second-order valence-corrected chi connectivity index (χ2v) is 4.00. The number of aliphatic hydroxyl groups is 1. The van der Waals surface area contributed by atoms with E-state index in [-0.39, 0.29) is 19.0 Å². The zero-order valence-electron chi connectivity index (χ0n) is 8.76. The Morgan fingerprint density at radius 2 is 2.00 bits per heavy atom. The Morgan fingerprint density at radius 1 is 1.46 bits per heavy atom. The van der Waals surface area contributed by atoms with E-state index in [2.05, 4.69) is 0 Å². The van der Waals surface area contributed by atoms with Crippen LogP contribution in [0.25, 0.3) is 0 Å². The van der Waals surface area contributed by atoms with Gasteiger partial charge in [0.25, 0.3) is 0 Å². The van der Waals surface area contributed by atoms with Crippen LogP contribution in [0.15, 0.2) is 11.6 Å². The number of carbonyl (C=O) groups excluding carboxylic acids is 1. The highest BCUT2D eigenvalue weighted by atomic mass is 16.6. The molecule has 0 radical (unpaired) electrons. The fourth-order valence-electron chi connectivity index (χ4n) is 0.705. The van der Waals surface area contributed by atoms with Crippen molar-refractivity contribution < 1.29 is 14.6 Å². The normalized spacial score (nSPS) is 12.8. The van der Waals surface area contributed by atoms with Crippen molar-refractivity contribution in [1.29, 1.82) is 0 Å². The van der Waals surface area contributed by atoms with Gasteiger partial charge in [-0.05, 0) is 27.7 Å². The van der Waals surface area contributed by atoms with Gasteiger partial charge in [0.15, 0.2) is 0 Å². The standard InChI is InChI=1S/C10H18O3/c1-8(7-11)5-6-9(12)13-10(2,3)4/h5,11H,6-7H2,1-4H3/b8-5+. The highest BCUT2D eigenvalue weighted by Crippen LogP contribution is 2.08. The monoisotopic (exact) mass is 186 g/mol. The second-order valence-electron chi connectivity index (χ2n) is 4.00. The molecule has 76 valence electrons. The number of esters is 1. The molecule has 0 aromatic carbocycles. The van der Waals surface area contributed by atoms with E-state index in [1.165, 1.54) is 0 Å². The Hall–Kier alpha value is -0.830. The first-order valence-corrected chi connectivity index (χ1v) is 4.33. The molecule has 0 fully saturated rings. The van der Waals surface area contributed by atoms with E-state index in [0.29, 0.717) is 0 Å². The van der Waals surface area contributed by atoms with Gasteiger partial charge in [-0.15, -0.1) is 0 Å². The molecule has 0 unspecified atom stereocenters. The third-order valence-electron chi connectivity index (χ3n) is 1.29. The van der Waals surface area contributed by atoms with Crippen LogP contribution in [0, 0.1) is 0 Å². The van der Waals surface area contributed by atoms with Crippen LogP contribution in [0.4, 0.5) is 0 Å². The van der Waals surface area contributed by atoms with Gasteiger partial charge in [0.1, 0.15) is 5.60 Å². The van der Waals surface area contributed by atoms with E-state index in [9.17, 15) is 4.79 Å². The Morgan fingerprint density at radius 3 is 2.38 bits per heavy atom. The van der Waals surface area contributed by atoms with Crippen LogP contribution in [0.5, 0.6) is 0 Å². The molecule has 0 saturated carbocycles. The van der Waals surface area contributed by atoms with Gasteiger partial charge in [-0.2, -0.15) is 0 Å².